The number of benzene rings is 2. The molecule has 4 aromatic rings. The summed E-state index contributed by atoms with van der Waals surface area (Å²) in [6.07, 6.45) is -1.19. The van der Waals surface area contributed by atoms with Gasteiger partial charge in [0.25, 0.3) is 10.9 Å². The summed E-state index contributed by atoms with van der Waals surface area (Å²) >= 11 is 6.53. The zero-order valence-corrected chi connectivity index (χ0v) is 23.5. The largest absolute Gasteiger partial charge is 0.497 e. The van der Waals surface area contributed by atoms with Gasteiger partial charge < -0.3 is 29.8 Å². The highest BCUT2D eigenvalue weighted by atomic mass is 35.5. The minimum absolute atomic E-state index is 0.0943. The molecule has 1 aliphatic rings. The lowest BCUT2D eigenvalue weighted by molar-refractivity contribution is 0.182. The highest BCUT2D eigenvalue weighted by Gasteiger charge is 2.36. The van der Waals surface area contributed by atoms with E-state index in [-0.39, 0.29) is 29.4 Å². The SMILES string of the molecule is COc1ccc(C#N)c(N2Cc3c(Cl)ccc(Nc4c(N[C@@H](c5ccc(C)o5)C(C)(C)C)c(=O)c4=O)c3C2O)c1. The molecule has 0 saturated heterocycles. The summed E-state index contributed by atoms with van der Waals surface area (Å²) in [7, 11) is 1.52. The van der Waals surface area contributed by atoms with Crippen LogP contribution in [-0.2, 0) is 6.54 Å². The molecule has 10 heteroatoms. The molecule has 3 aromatic carbocycles. The van der Waals surface area contributed by atoms with E-state index in [2.05, 4.69) is 16.7 Å². The second-order valence-electron chi connectivity index (χ2n) is 10.9. The van der Waals surface area contributed by atoms with Crippen molar-refractivity contribution in [3.63, 3.8) is 0 Å². The van der Waals surface area contributed by atoms with Crippen molar-refractivity contribution in [2.75, 3.05) is 22.6 Å². The van der Waals surface area contributed by atoms with Crippen molar-refractivity contribution in [2.45, 2.75) is 46.5 Å². The first kappa shape index (κ1) is 27.3. The van der Waals surface area contributed by atoms with Gasteiger partial charge in [-0.2, -0.15) is 5.26 Å². The van der Waals surface area contributed by atoms with Gasteiger partial charge in [0.1, 0.15) is 34.7 Å². The Morgan fingerprint density at radius 1 is 1.15 bits per heavy atom. The molecule has 2 heterocycles. The molecule has 206 valence electrons. The van der Waals surface area contributed by atoms with Crippen LogP contribution in [0, 0.1) is 23.7 Å². The quantitative estimate of drug-likeness (QED) is 0.245. The standard InChI is InChI=1S/C30H29ClN4O5/c1-15-6-11-22(40-15)28(30(2,3)4)34-25-24(26(36)27(25)37)33-20-10-9-19(31)18-14-35(29(38)23(18)20)21-12-17(39-5)8-7-16(21)13-32/h6-12,28-29,33-34,38H,14H2,1-5H3/t28-,29?/m0/s1. The number of aliphatic hydroxyl groups is 1. The number of methoxy groups -OCH3 is 1. The van der Waals surface area contributed by atoms with E-state index < -0.39 is 17.1 Å². The van der Waals surface area contributed by atoms with Gasteiger partial charge in [0, 0.05) is 28.9 Å². The summed E-state index contributed by atoms with van der Waals surface area (Å²) < 4.78 is 11.2. The highest BCUT2D eigenvalue weighted by Crippen LogP contribution is 2.45. The molecule has 3 N–H and O–H groups in total. The average molecular weight is 561 g/mol. The number of nitriles is 1. The number of furan rings is 1. The molecule has 1 aromatic heterocycles. The summed E-state index contributed by atoms with van der Waals surface area (Å²) in [5, 5.41) is 27.9. The lowest BCUT2D eigenvalue weighted by atomic mass is 9.85. The molecule has 0 bridgehead atoms. The molecule has 0 spiro atoms. The van der Waals surface area contributed by atoms with Crippen LogP contribution in [0.2, 0.25) is 5.02 Å². The van der Waals surface area contributed by atoms with Gasteiger partial charge in [-0.15, -0.1) is 0 Å². The Morgan fingerprint density at radius 2 is 1.88 bits per heavy atom. The number of aryl methyl sites for hydroxylation is 1. The third-order valence-corrected chi connectivity index (χ3v) is 7.54. The number of hydrogen-bond acceptors (Lipinski definition) is 9. The molecule has 5 rings (SSSR count). The van der Waals surface area contributed by atoms with Crippen LogP contribution in [0.1, 0.15) is 61.3 Å². The summed E-state index contributed by atoms with van der Waals surface area (Å²) in [4.78, 5) is 27.1. The molecule has 0 fully saturated rings. The lowest BCUT2D eigenvalue weighted by Crippen LogP contribution is -2.39. The maximum atomic E-state index is 12.8. The van der Waals surface area contributed by atoms with Gasteiger partial charge in [0.05, 0.1) is 24.4 Å². The van der Waals surface area contributed by atoms with E-state index in [1.54, 1.807) is 35.2 Å². The molecule has 40 heavy (non-hydrogen) atoms. The second kappa shape index (κ2) is 10.0. The molecule has 0 aliphatic carbocycles. The van der Waals surface area contributed by atoms with E-state index in [4.69, 9.17) is 20.8 Å². The number of nitrogens with zero attached hydrogens (tertiary/aromatic N) is 2. The van der Waals surface area contributed by atoms with Crippen molar-refractivity contribution in [1.29, 1.82) is 5.26 Å². The number of hydrogen-bond donors (Lipinski definition) is 3. The van der Waals surface area contributed by atoms with Crippen LogP contribution in [0.15, 0.2) is 56.5 Å². The van der Waals surface area contributed by atoms with Crippen LogP contribution in [0.4, 0.5) is 22.7 Å². The number of ether oxygens (including phenoxy) is 1. The van der Waals surface area contributed by atoms with Gasteiger partial charge in [-0.05, 0) is 54.3 Å². The molecule has 9 nitrogen and oxygen atoms in total. The number of anilines is 4. The van der Waals surface area contributed by atoms with Gasteiger partial charge in [-0.3, -0.25) is 9.59 Å². The normalized spacial score (nSPS) is 15.6. The molecule has 0 saturated carbocycles. The maximum absolute atomic E-state index is 12.8. The smallest absolute Gasteiger partial charge is 0.253 e. The number of fused-ring (bicyclic) bond motifs is 1. The van der Waals surface area contributed by atoms with E-state index >= 15 is 0 Å². The third kappa shape index (κ3) is 4.59. The molecule has 0 radical (unpaired) electrons. The van der Waals surface area contributed by atoms with Crippen LogP contribution in [0.25, 0.3) is 0 Å². The molecular weight excluding hydrogens is 532 g/mol. The number of aliphatic hydroxyl groups excluding tert-OH is 1. The third-order valence-electron chi connectivity index (χ3n) is 7.19. The van der Waals surface area contributed by atoms with Gasteiger partial charge in [-0.1, -0.05) is 32.4 Å². The highest BCUT2D eigenvalue weighted by molar-refractivity contribution is 6.31. The summed E-state index contributed by atoms with van der Waals surface area (Å²) in [5.41, 5.74) is 0.926. The number of halogens is 1. The number of rotatable bonds is 7. The average Bonchev–Trinajstić information content (AvgIpc) is 3.51. The Bertz CT molecular complexity index is 1720. The topological polar surface area (TPSA) is 128 Å². The van der Waals surface area contributed by atoms with Crippen LogP contribution < -0.4 is 31.1 Å². The van der Waals surface area contributed by atoms with Gasteiger partial charge in [-0.25, -0.2) is 0 Å². The molecule has 1 unspecified atom stereocenters. The second-order valence-corrected chi connectivity index (χ2v) is 11.3. The van der Waals surface area contributed by atoms with Crippen molar-refractivity contribution in [3.8, 4) is 11.8 Å². The monoisotopic (exact) mass is 560 g/mol. The molecule has 0 amide bonds. The van der Waals surface area contributed by atoms with Crippen molar-refractivity contribution >= 4 is 34.4 Å². The van der Waals surface area contributed by atoms with E-state index in [9.17, 15) is 20.0 Å². The fourth-order valence-corrected chi connectivity index (χ4v) is 5.28. The summed E-state index contributed by atoms with van der Waals surface area (Å²) in [6.45, 7) is 8.08. The van der Waals surface area contributed by atoms with Gasteiger partial charge in [0.15, 0.2) is 6.23 Å². The minimum atomic E-state index is -1.19. The van der Waals surface area contributed by atoms with Crippen molar-refractivity contribution in [1.82, 2.24) is 0 Å². The van der Waals surface area contributed by atoms with Crippen LogP contribution in [0.3, 0.4) is 0 Å². The first-order valence-corrected chi connectivity index (χ1v) is 13.1. The van der Waals surface area contributed by atoms with Crippen LogP contribution in [0.5, 0.6) is 5.75 Å². The van der Waals surface area contributed by atoms with Crippen molar-refractivity contribution in [3.05, 3.63) is 96.1 Å². The molecule has 2 atom stereocenters. The first-order chi connectivity index (χ1) is 18.9. The lowest BCUT2D eigenvalue weighted by Gasteiger charge is -2.32. The Morgan fingerprint density at radius 3 is 2.50 bits per heavy atom. The zero-order valence-electron chi connectivity index (χ0n) is 22.8. The van der Waals surface area contributed by atoms with E-state index in [1.807, 2.05) is 39.8 Å². The summed E-state index contributed by atoms with van der Waals surface area (Å²) in [5.74, 6) is 1.91. The predicted molar refractivity (Wildman–Crippen MR) is 154 cm³/mol. The van der Waals surface area contributed by atoms with Crippen molar-refractivity contribution < 1.29 is 14.3 Å². The summed E-state index contributed by atoms with van der Waals surface area (Å²) in [6, 6.07) is 13.8. The fraction of sp³-hybridized carbons (Fsp3) is 0.300. The Hall–Kier alpha value is -4.26. The predicted octanol–water partition coefficient (Wildman–Crippen LogP) is 5.67. The van der Waals surface area contributed by atoms with Crippen LogP contribution in [-0.4, -0.2) is 12.2 Å². The van der Waals surface area contributed by atoms with Gasteiger partial charge >= 0.3 is 0 Å². The molecule has 1 aliphatic heterocycles. The van der Waals surface area contributed by atoms with E-state index in [1.165, 1.54) is 7.11 Å². The Balaban J connectivity index is 1.51. The van der Waals surface area contributed by atoms with Gasteiger partial charge in [0.2, 0.25) is 0 Å². The van der Waals surface area contributed by atoms with Crippen molar-refractivity contribution in [2.24, 2.45) is 5.41 Å². The maximum Gasteiger partial charge on any atom is 0.253 e. The van der Waals surface area contributed by atoms with E-state index in [0.717, 1.165) is 5.76 Å². The number of nitrogens with one attached hydrogen (secondary N) is 2. The Labute approximate surface area is 236 Å². The Kier molecular flexibility index (Phi) is 6.86. The first-order valence-electron chi connectivity index (χ1n) is 12.7. The zero-order chi connectivity index (χ0) is 28.9. The molecular formula is C30H29ClN4O5. The van der Waals surface area contributed by atoms with E-state index in [0.29, 0.717) is 44.6 Å². The van der Waals surface area contributed by atoms with Crippen LogP contribution >= 0.6 is 11.6 Å². The fourth-order valence-electron chi connectivity index (χ4n) is 5.05. The minimum Gasteiger partial charge on any atom is -0.497 e.